The summed E-state index contributed by atoms with van der Waals surface area (Å²) in [5.74, 6) is 0.917. The molecular weight excluding hydrogens is 200 g/mol. The van der Waals surface area contributed by atoms with Crippen molar-refractivity contribution in [2.75, 3.05) is 13.1 Å². The molecule has 1 aliphatic heterocycles. The van der Waals surface area contributed by atoms with Crippen molar-refractivity contribution in [1.29, 1.82) is 0 Å². The van der Waals surface area contributed by atoms with Crippen LogP contribution in [-0.4, -0.2) is 24.2 Å². The quantitative estimate of drug-likeness (QED) is 0.830. The minimum atomic E-state index is 0.307. The van der Waals surface area contributed by atoms with Crippen LogP contribution in [0.1, 0.15) is 6.42 Å². The lowest BCUT2D eigenvalue weighted by Crippen LogP contribution is -2.19. The maximum atomic E-state index is 5.88. The first-order valence-electron chi connectivity index (χ1n) is 5.64. The molecule has 0 radical (unpaired) electrons. The summed E-state index contributed by atoms with van der Waals surface area (Å²) >= 11 is 0. The lowest BCUT2D eigenvalue weighted by molar-refractivity contribution is 0.223. The van der Waals surface area contributed by atoms with Crippen molar-refractivity contribution >= 4 is 10.9 Å². The van der Waals surface area contributed by atoms with Crippen LogP contribution in [0.2, 0.25) is 0 Å². The van der Waals surface area contributed by atoms with Gasteiger partial charge < -0.3 is 10.1 Å². The normalized spacial score (nSPS) is 20.1. The zero-order valence-corrected chi connectivity index (χ0v) is 9.02. The Bertz CT molecular complexity index is 492. The van der Waals surface area contributed by atoms with Crippen molar-refractivity contribution < 1.29 is 4.74 Å². The Morgan fingerprint density at radius 1 is 1.31 bits per heavy atom. The van der Waals surface area contributed by atoms with Crippen molar-refractivity contribution in [1.82, 2.24) is 10.3 Å². The highest BCUT2D eigenvalue weighted by Gasteiger charge is 2.15. The molecule has 0 bridgehead atoms. The second kappa shape index (κ2) is 4.10. The first kappa shape index (κ1) is 9.60. The van der Waals surface area contributed by atoms with Gasteiger partial charge in [0.1, 0.15) is 11.9 Å². The van der Waals surface area contributed by atoms with E-state index in [4.69, 9.17) is 4.74 Å². The summed E-state index contributed by atoms with van der Waals surface area (Å²) in [5.41, 5.74) is 0.992. The predicted octanol–water partition coefficient (Wildman–Crippen LogP) is 1.98. The number of nitrogens with one attached hydrogen (secondary N) is 1. The molecule has 3 heteroatoms. The largest absolute Gasteiger partial charge is 0.489 e. The highest BCUT2D eigenvalue weighted by atomic mass is 16.5. The Morgan fingerprint density at radius 2 is 2.31 bits per heavy atom. The summed E-state index contributed by atoms with van der Waals surface area (Å²) in [6.45, 7) is 2.00. The fourth-order valence-corrected chi connectivity index (χ4v) is 2.04. The third-order valence-corrected chi connectivity index (χ3v) is 2.90. The number of hydrogen-bond donors (Lipinski definition) is 1. The average Bonchev–Trinajstić information content (AvgIpc) is 2.82. The van der Waals surface area contributed by atoms with Gasteiger partial charge in [0, 0.05) is 24.2 Å². The van der Waals surface area contributed by atoms with Gasteiger partial charge in [-0.3, -0.25) is 4.98 Å². The van der Waals surface area contributed by atoms with E-state index in [0.29, 0.717) is 6.10 Å². The molecule has 82 valence electrons. The Labute approximate surface area is 94.5 Å². The third kappa shape index (κ3) is 1.86. The molecule has 1 aliphatic rings. The molecule has 2 aromatic rings. The smallest absolute Gasteiger partial charge is 0.121 e. The van der Waals surface area contributed by atoms with E-state index in [-0.39, 0.29) is 0 Å². The van der Waals surface area contributed by atoms with Gasteiger partial charge in [-0.1, -0.05) is 6.07 Å². The van der Waals surface area contributed by atoms with Gasteiger partial charge in [0.25, 0.3) is 0 Å². The molecule has 0 saturated carbocycles. The molecule has 0 spiro atoms. The summed E-state index contributed by atoms with van der Waals surface area (Å²) in [4.78, 5) is 4.32. The van der Waals surface area contributed by atoms with Gasteiger partial charge in [-0.25, -0.2) is 0 Å². The zero-order chi connectivity index (χ0) is 10.8. The number of rotatable bonds is 2. The van der Waals surface area contributed by atoms with Crippen LogP contribution >= 0.6 is 0 Å². The van der Waals surface area contributed by atoms with E-state index in [1.54, 1.807) is 0 Å². The van der Waals surface area contributed by atoms with Gasteiger partial charge in [-0.15, -0.1) is 0 Å². The highest BCUT2D eigenvalue weighted by Crippen LogP contribution is 2.20. The molecule has 2 heterocycles. The van der Waals surface area contributed by atoms with Gasteiger partial charge >= 0.3 is 0 Å². The third-order valence-electron chi connectivity index (χ3n) is 2.90. The van der Waals surface area contributed by atoms with Crippen molar-refractivity contribution in [2.24, 2.45) is 0 Å². The SMILES string of the molecule is c1cnc2cc(O[C@@H]3CCNC3)ccc2c1. The minimum absolute atomic E-state index is 0.307. The number of pyridine rings is 1. The Hall–Kier alpha value is -1.61. The average molecular weight is 214 g/mol. The summed E-state index contributed by atoms with van der Waals surface area (Å²) < 4.78 is 5.88. The van der Waals surface area contributed by atoms with Gasteiger partial charge in [0.05, 0.1) is 5.52 Å². The second-order valence-electron chi connectivity index (χ2n) is 4.09. The lowest BCUT2D eigenvalue weighted by Gasteiger charge is -2.12. The number of aromatic nitrogens is 1. The number of nitrogens with zero attached hydrogens (tertiary/aromatic N) is 1. The standard InChI is InChI=1S/C13H14N2O/c1-2-10-3-4-11(8-13(10)15-6-1)16-12-5-7-14-9-12/h1-4,6,8,12,14H,5,7,9H2/t12-/m1/s1. The van der Waals surface area contributed by atoms with Crippen LogP contribution < -0.4 is 10.1 Å². The van der Waals surface area contributed by atoms with E-state index in [9.17, 15) is 0 Å². The molecular formula is C13H14N2O. The number of fused-ring (bicyclic) bond motifs is 1. The van der Waals surface area contributed by atoms with Gasteiger partial charge in [0.2, 0.25) is 0 Å². The van der Waals surface area contributed by atoms with E-state index < -0.39 is 0 Å². The molecule has 16 heavy (non-hydrogen) atoms. The van der Waals surface area contributed by atoms with Gasteiger partial charge in [-0.05, 0) is 31.2 Å². The predicted molar refractivity (Wildman–Crippen MR) is 63.6 cm³/mol. The maximum absolute atomic E-state index is 5.88. The van der Waals surface area contributed by atoms with Crippen LogP contribution in [-0.2, 0) is 0 Å². The van der Waals surface area contributed by atoms with E-state index in [1.807, 2.05) is 24.4 Å². The Morgan fingerprint density at radius 3 is 3.19 bits per heavy atom. The highest BCUT2D eigenvalue weighted by molar-refractivity contribution is 5.79. The van der Waals surface area contributed by atoms with Crippen LogP contribution in [0.15, 0.2) is 36.5 Å². The molecule has 0 amide bonds. The Kier molecular flexibility index (Phi) is 2.46. The molecule has 0 unspecified atom stereocenters. The fraction of sp³-hybridized carbons (Fsp3) is 0.308. The molecule has 1 aromatic carbocycles. The maximum Gasteiger partial charge on any atom is 0.121 e. The van der Waals surface area contributed by atoms with Gasteiger partial charge in [0.15, 0.2) is 0 Å². The van der Waals surface area contributed by atoms with E-state index >= 15 is 0 Å². The van der Waals surface area contributed by atoms with Crippen LogP contribution in [0.5, 0.6) is 5.75 Å². The number of ether oxygens (including phenoxy) is 1. The summed E-state index contributed by atoms with van der Waals surface area (Å²) in [7, 11) is 0. The second-order valence-corrected chi connectivity index (χ2v) is 4.09. The topological polar surface area (TPSA) is 34.1 Å². The Balaban J connectivity index is 1.86. The van der Waals surface area contributed by atoms with E-state index in [2.05, 4.69) is 22.4 Å². The van der Waals surface area contributed by atoms with Crippen LogP contribution in [0.3, 0.4) is 0 Å². The van der Waals surface area contributed by atoms with E-state index in [1.165, 1.54) is 0 Å². The minimum Gasteiger partial charge on any atom is -0.489 e. The molecule has 0 aliphatic carbocycles. The zero-order valence-electron chi connectivity index (χ0n) is 9.02. The monoisotopic (exact) mass is 214 g/mol. The van der Waals surface area contributed by atoms with Crippen LogP contribution in [0.4, 0.5) is 0 Å². The first-order valence-corrected chi connectivity index (χ1v) is 5.64. The lowest BCUT2D eigenvalue weighted by atomic mass is 10.2. The van der Waals surface area contributed by atoms with Crippen molar-refractivity contribution in [3.8, 4) is 5.75 Å². The van der Waals surface area contributed by atoms with Crippen molar-refractivity contribution in [3.05, 3.63) is 36.5 Å². The van der Waals surface area contributed by atoms with Gasteiger partial charge in [-0.2, -0.15) is 0 Å². The number of hydrogen-bond acceptors (Lipinski definition) is 3. The molecule has 1 saturated heterocycles. The van der Waals surface area contributed by atoms with E-state index in [0.717, 1.165) is 36.2 Å². The van der Waals surface area contributed by atoms with Crippen LogP contribution in [0.25, 0.3) is 10.9 Å². The van der Waals surface area contributed by atoms with Crippen molar-refractivity contribution in [2.45, 2.75) is 12.5 Å². The summed E-state index contributed by atoms with van der Waals surface area (Å²) in [5, 5.41) is 4.44. The molecule has 1 aromatic heterocycles. The summed E-state index contributed by atoms with van der Waals surface area (Å²) in [6.07, 6.45) is 3.20. The van der Waals surface area contributed by atoms with Crippen molar-refractivity contribution in [3.63, 3.8) is 0 Å². The molecule has 1 fully saturated rings. The molecule has 1 N–H and O–H groups in total. The molecule has 3 nitrogen and oxygen atoms in total. The first-order chi connectivity index (χ1) is 7.92. The molecule has 3 rings (SSSR count). The molecule has 1 atom stereocenters. The number of benzene rings is 1. The fourth-order valence-electron chi connectivity index (χ4n) is 2.04. The van der Waals surface area contributed by atoms with Crippen LogP contribution in [0, 0.1) is 0 Å². The summed E-state index contributed by atoms with van der Waals surface area (Å²) in [6, 6.07) is 10.1.